The minimum atomic E-state index is 0.387. The second-order valence-corrected chi connectivity index (χ2v) is 4.66. The summed E-state index contributed by atoms with van der Waals surface area (Å²) in [4.78, 5) is 11.1. The van der Waals surface area contributed by atoms with E-state index in [-0.39, 0.29) is 0 Å². The van der Waals surface area contributed by atoms with Gasteiger partial charge in [-0.3, -0.25) is 4.98 Å². The highest BCUT2D eigenvalue weighted by molar-refractivity contribution is 5.44. The van der Waals surface area contributed by atoms with Crippen molar-refractivity contribution in [2.45, 2.75) is 32.0 Å². The van der Waals surface area contributed by atoms with Crippen LogP contribution in [0.25, 0.3) is 0 Å². The Morgan fingerprint density at radius 1 is 1.35 bits per heavy atom. The van der Waals surface area contributed by atoms with Crippen LogP contribution < -0.4 is 10.2 Å². The molecule has 5 heteroatoms. The van der Waals surface area contributed by atoms with Crippen LogP contribution in [-0.4, -0.2) is 41.8 Å². The van der Waals surface area contributed by atoms with Crippen molar-refractivity contribution in [3.05, 3.63) is 12.4 Å². The maximum Gasteiger partial charge on any atom is 0.149 e. The van der Waals surface area contributed by atoms with E-state index in [2.05, 4.69) is 27.1 Å². The van der Waals surface area contributed by atoms with Crippen molar-refractivity contribution in [3.63, 3.8) is 0 Å². The summed E-state index contributed by atoms with van der Waals surface area (Å²) in [6, 6.07) is 0. The third-order valence-electron chi connectivity index (χ3n) is 3.35. The lowest BCUT2D eigenvalue weighted by Gasteiger charge is -2.32. The van der Waals surface area contributed by atoms with Gasteiger partial charge in [-0.25, -0.2) is 4.98 Å². The highest BCUT2D eigenvalue weighted by Crippen LogP contribution is 2.28. The Hall–Kier alpha value is -1.36. The van der Waals surface area contributed by atoms with Crippen LogP contribution in [0.15, 0.2) is 12.4 Å². The zero-order valence-corrected chi connectivity index (χ0v) is 10.1. The van der Waals surface area contributed by atoms with Crippen molar-refractivity contribution in [1.82, 2.24) is 9.97 Å². The van der Waals surface area contributed by atoms with Gasteiger partial charge < -0.3 is 15.0 Å². The number of nitrogens with one attached hydrogen (secondary N) is 1. The first-order valence-electron chi connectivity index (χ1n) is 6.31. The SMILES string of the molecule is CCNc1cncc(N2CC3CCC(C2)O3)n1. The Morgan fingerprint density at radius 2 is 2.12 bits per heavy atom. The zero-order chi connectivity index (χ0) is 11.7. The maximum absolute atomic E-state index is 5.82. The van der Waals surface area contributed by atoms with Gasteiger partial charge >= 0.3 is 0 Å². The van der Waals surface area contributed by atoms with Crippen molar-refractivity contribution in [1.29, 1.82) is 0 Å². The molecule has 17 heavy (non-hydrogen) atoms. The standard InChI is InChI=1S/C12H18N4O/c1-2-14-11-5-13-6-12(15-11)16-7-9-3-4-10(8-16)17-9/h5-6,9-10H,2-4,7-8H2,1H3,(H,14,15). The first kappa shape index (κ1) is 10.8. The molecule has 92 valence electrons. The van der Waals surface area contributed by atoms with Gasteiger partial charge in [-0.1, -0.05) is 0 Å². The van der Waals surface area contributed by atoms with E-state index in [0.717, 1.165) is 31.3 Å². The number of morpholine rings is 1. The molecule has 1 aromatic heterocycles. The van der Waals surface area contributed by atoms with Crippen LogP contribution in [-0.2, 0) is 4.74 Å². The van der Waals surface area contributed by atoms with Crippen LogP contribution in [0, 0.1) is 0 Å². The fourth-order valence-electron chi connectivity index (χ4n) is 2.58. The van der Waals surface area contributed by atoms with Crippen LogP contribution >= 0.6 is 0 Å². The Balaban J connectivity index is 1.77. The van der Waals surface area contributed by atoms with Crippen LogP contribution in [0.2, 0.25) is 0 Å². The smallest absolute Gasteiger partial charge is 0.149 e. The summed E-state index contributed by atoms with van der Waals surface area (Å²) >= 11 is 0. The molecule has 5 nitrogen and oxygen atoms in total. The lowest BCUT2D eigenvalue weighted by atomic mass is 10.2. The van der Waals surface area contributed by atoms with E-state index in [4.69, 9.17) is 4.74 Å². The minimum Gasteiger partial charge on any atom is -0.371 e. The molecule has 0 saturated carbocycles. The van der Waals surface area contributed by atoms with E-state index < -0.39 is 0 Å². The van der Waals surface area contributed by atoms with Gasteiger partial charge in [0.2, 0.25) is 0 Å². The van der Waals surface area contributed by atoms with Crippen LogP contribution in [0.4, 0.5) is 11.6 Å². The van der Waals surface area contributed by atoms with Crippen molar-refractivity contribution in [3.8, 4) is 0 Å². The van der Waals surface area contributed by atoms with E-state index in [9.17, 15) is 0 Å². The number of fused-ring (bicyclic) bond motifs is 2. The molecular weight excluding hydrogens is 216 g/mol. The molecule has 0 aromatic carbocycles. The quantitative estimate of drug-likeness (QED) is 0.853. The molecule has 3 rings (SSSR count). The number of hydrogen-bond acceptors (Lipinski definition) is 5. The van der Waals surface area contributed by atoms with Gasteiger partial charge in [-0.15, -0.1) is 0 Å². The van der Waals surface area contributed by atoms with Crippen molar-refractivity contribution >= 4 is 11.6 Å². The van der Waals surface area contributed by atoms with Crippen molar-refractivity contribution in [2.75, 3.05) is 29.9 Å². The molecule has 0 amide bonds. The first-order valence-corrected chi connectivity index (χ1v) is 6.31. The van der Waals surface area contributed by atoms with Gasteiger partial charge in [-0.2, -0.15) is 0 Å². The molecule has 1 aromatic rings. The Bertz CT molecular complexity index is 386. The van der Waals surface area contributed by atoms with E-state index in [1.807, 2.05) is 6.20 Å². The van der Waals surface area contributed by atoms with Gasteiger partial charge in [0.25, 0.3) is 0 Å². The molecule has 0 aliphatic carbocycles. The monoisotopic (exact) mass is 234 g/mol. The number of rotatable bonds is 3. The molecule has 2 saturated heterocycles. The molecule has 1 N–H and O–H groups in total. The van der Waals surface area contributed by atoms with Crippen LogP contribution in [0.1, 0.15) is 19.8 Å². The number of nitrogens with zero attached hydrogens (tertiary/aromatic N) is 3. The average Bonchev–Trinajstić information content (AvgIpc) is 2.69. The van der Waals surface area contributed by atoms with Gasteiger partial charge in [0, 0.05) is 19.6 Å². The fourth-order valence-corrected chi connectivity index (χ4v) is 2.58. The lowest BCUT2D eigenvalue weighted by Crippen LogP contribution is -2.43. The Kier molecular flexibility index (Phi) is 2.84. The molecule has 2 aliphatic rings. The van der Waals surface area contributed by atoms with Gasteiger partial charge in [0.05, 0.1) is 24.6 Å². The van der Waals surface area contributed by atoms with Crippen LogP contribution in [0.3, 0.4) is 0 Å². The molecule has 2 bridgehead atoms. The number of anilines is 2. The van der Waals surface area contributed by atoms with Gasteiger partial charge in [-0.05, 0) is 19.8 Å². The summed E-state index contributed by atoms with van der Waals surface area (Å²) in [5.41, 5.74) is 0. The topological polar surface area (TPSA) is 50.3 Å². The zero-order valence-electron chi connectivity index (χ0n) is 10.1. The highest BCUT2D eigenvalue weighted by atomic mass is 16.5. The highest BCUT2D eigenvalue weighted by Gasteiger charge is 2.34. The summed E-state index contributed by atoms with van der Waals surface area (Å²) in [5, 5.41) is 3.19. The normalized spacial score (nSPS) is 27.2. The fraction of sp³-hybridized carbons (Fsp3) is 0.667. The molecular formula is C12H18N4O. The summed E-state index contributed by atoms with van der Waals surface area (Å²) in [6.07, 6.45) is 6.74. The third-order valence-corrected chi connectivity index (χ3v) is 3.35. The predicted octanol–water partition coefficient (Wildman–Crippen LogP) is 1.28. The number of ether oxygens (including phenoxy) is 1. The second kappa shape index (κ2) is 4.49. The third kappa shape index (κ3) is 2.20. The van der Waals surface area contributed by atoms with Gasteiger partial charge in [0.1, 0.15) is 11.6 Å². The predicted molar refractivity (Wildman–Crippen MR) is 66.3 cm³/mol. The maximum atomic E-state index is 5.82. The lowest BCUT2D eigenvalue weighted by molar-refractivity contribution is 0.0302. The second-order valence-electron chi connectivity index (χ2n) is 4.66. The number of hydrogen-bond donors (Lipinski definition) is 1. The molecule has 2 aliphatic heterocycles. The van der Waals surface area contributed by atoms with Crippen molar-refractivity contribution in [2.24, 2.45) is 0 Å². The number of aromatic nitrogens is 2. The molecule has 2 unspecified atom stereocenters. The summed E-state index contributed by atoms with van der Waals surface area (Å²) < 4.78 is 5.82. The Labute approximate surface area is 101 Å². The Morgan fingerprint density at radius 3 is 2.82 bits per heavy atom. The molecule has 2 atom stereocenters. The molecule has 0 spiro atoms. The van der Waals surface area contributed by atoms with Crippen molar-refractivity contribution < 1.29 is 4.74 Å². The summed E-state index contributed by atoms with van der Waals surface area (Å²) in [7, 11) is 0. The average molecular weight is 234 g/mol. The molecule has 3 heterocycles. The van der Waals surface area contributed by atoms with E-state index in [0.29, 0.717) is 12.2 Å². The van der Waals surface area contributed by atoms with Crippen LogP contribution in [0.5, 0.6) is 0 Å². The minimum absolute atomic E-state index is 0.387. The largest absolute Gasteiger partial charge is 0.371 e. The van der Waals surface area contributed by atoms with Gasteiger partial charge in [0.15, 0.2) is 0 Å². The summed E-state index contributed by atoms with van der Waals surface area (Å²) in [6.45, 7) is 4.82. The molecule has 2 fully saturated rings. The van der Waals surface area contributed by atoms with E-state index >= 15 is 0 Å². The first-order chi connectivity index (χ1) is 8.35. The van der Waals surface area contributed by atoms with E-state index in [1.165, 1.54) is 12.8 Å². The summed E-state index contributed by atoms with van der Waals surface area (Å²) in [5.74, 6) is 1.81. The van der Waals surface area contributed by atoms with E-state index in [1.54, 1.807) is 6.20 Å². The molecule has 0 radical (unpaired) electrons.